The molecule has 1 N–H and O–H groups in total. The van der Waals surface area contributed by atoms with E-state index in [0.717, 1.165) is 35.8 Å². The van der Waals surface area contributed by atoms with Crippen LogP contribution in [0.25, 0.3) is 6.08 Å². The molecule has 0 aromatic heterocycles. The summed E-state index contributed by atoms with van der Waals surface area (Å²) in [5.41, 5.74) is 3.96. The zero-order valence-electron chi connectivity index (χ0n) is 16.7. The van der Waals surface area contributed by atoms with Gasteiger partial charge in [0.2, 0.25) is 0 Å². The van der Waals surface area contributed by atoms with Crippen LogP contribution in [0.2, 0.25) is 0 Å². The summed E-state index contributed by atoms with van der Waals surface area (Å²) in [6.07, 6.45) is 1.85. The van der Waals surface area contributed by atoms with E-state index in [-0.39, 0.29) is 5.91 Å². The number of nitrogens with zero attached hydrogens (tertiary/aromatic N) is 2. The number of benzene rings is 2. The first-order valence-electron chi connectivity index (χ1n) is 9.33. The van der Waals surface area contributed by atoms with Gasteiger partial charge in [-0.1, -0.05) is 17.7 Å². The van der Waals surface area contributed by atoms with Crippen LogP contribution in [0.4, 0.5) is 11.4 Å². The lowest BCUT2D eigenvalue weighted by Crippen LogP contribution is -2.21. The number of methoxy groups -OCH3 is 1. The van der Waals surface area contributed by atoms with Crippen molar-refractivity contribution in [3.8, 4) is 5.75 Å². The Morgan fingerprint density at radius 3 is 2.50 bits per heavy atom. The second-order valence-corrected chi connectivity index (χ2v) is 7.45. The molecule has 5 nitrogen and oxygen atoms in total. The molecule has 1 fully saturated rings. The smallest absolute Gasteiger partial charge is 0.264 e. The molecular weight excluding hydrogens is 370 g/mol. The Labute approximate surface area is 170 Å². The Bertz CT molecular complexity index is 916. The summed E-state index contributed by atoms with van der Waals surface area (Å²) in [4.78, 5) is 19.7. The topological polar surface area (TPSA) is 53.9 Å². The van der Waals surface area contributed by atoms with Gasteiger partial charge in [0.05, 0.1) is 17.7 Å². The number of carbonyl (C=O) groups excluding carboxylic acids is 1. The molecule has 0 atom stereocenters. The number of thioether (sulfide) groups is 1. The summed E-state index contributed by atoms with van der Waals surface area (Å²) in [5, 5.41) is 3.41. The number of hydrogen-bond donors (Lipinski definition) is 1. The first-order valence-corrected chi connectivity index (χ1v) is 10.1. The fourth-order valence-electron chi connectivity index (χ4n) is 2.96. The first-order chi connectivity index (χ1) is 13.5. The number of hydrogen-bond acceptors (Lipinski definition) is 5. The van der Waals surface area contributed by atoms with Crippen LogP contribution >= 0.6 is 11.8 Å². The highest BCUT2D eigenvalue weighted by Gasteiger charge is 2.24. The maximum absolute atomic E-state index is 12.4. The van der Waals surface area contributed by atoms with Gasteiger partial charge in [0.15, 0.2) is 5.17 Å². The summed E-state index contributed by atoms with van der Waals surface area (Å²) in [6.45, 7) is 8.14. The Morgan fingerprint density at radius 2 is 1.86 bits per heavy atom. The van der Waals surface area contributed by atoms with Crippen molar-refractivity contribution in [3.63, 3.8) is 0 Å². The molecule has 1 saturated heterocycles. The van der Waals surface area contributed by atoms with Gasteiger partial charge in [0, 0.05) is 30.4 Å². The van der Waals surface area contributed by atoms with Crippen LogP contribution in [0.5, 0.6) is 5.75 Å². The predicted octanol–water partition coefficient (Wildman–Crippen LogP) is 4.74. The minimum absolute atomic E-state index is 0.147. The monoisotopic (exact) mass is 395 g/mol. The van der Waals surface area contributed by atoms with Gasteiger partial charge >= 0.3 is 0 Å². The average Bonchev–Trinajstić information content (AvgIpc) is 3.04. The second-order valence-electron chi connectivity index (χ2n) is 6.42. The molecule has 1 heterocycles. The van der Waals surface area contributed by atoms with E-state index >= 15 is 0 Å². The third-order valence-electron chi connectivity index (χ3n) is 4.55. The normalized spacial score (nSPS) is 16.5. The summed E-state index contributed by atoms with van der Waals surface area (Å²) >= 11 is 1.34. The van der Waals surface area contributed by atoms with Gasteiger partial charge in [0.1, 0.15) is 5.75 Å². The number of carbonyl (C=O) groups is 1. The van der Waals surface area contributed by atoms with Crippen molar-refractivity contribution in [2.45, 2.75) is 20.8 Å². The van der Waals surface area contributed by atoms with E-state index in [0.29, 0.717) is 10.1 Å². The van der Waals surface area contributed by atoms with Crippen LogP contribution in [0.15, 0.2) is 52.4 Å². The van der Waals surface area contributed by atoms with Gasteiger partial charge in [-0.05, 0) is 62.9 Å². The highest BCUT2D eigenvalue weighted by atomic mass is 32.2. The van der Waals surface area contributed by atoms with Crippen molar-refractivity contribution in [2.75, 3.05) is 25.1 Å². The Balaban J connectivity index is 1.85. The minimum atomic E-state index is -0.147. The number of amidine groups is 1. The number of aliphatic imine (C=N–C) groups is 1. The number of anilines is 1. The van der Waals surface area contributed by atoms with E-state index in [4.69, 9.17) is 4.74 Å². The molecule has 2 aromatic carbocycles. The Morgan fingerprint density at radius 1 is 1.14 bits per heavy atom. The van der Waals surface area contributed by atoms with Gasteiger partial charge in [-0.15, -0.1) is 0 Å². The van der Waals surface area contributed by atoms with E-state index in [9.17, 15) is 4.79 Å². The van der Waals surface area contributed by atoms with Crippen LogP contribution < -0.4 is 15.0 Å². The molecule has 1 aliphatic rings. The lowest BCUT2D eigenvalue weighted by molar-refractivity contribution is -0.115. The predicted molar refractivity (Wildman–Crippen MR) is 119 cm³/mol. The zero-order valence-corrected chi connectivity index (χ0v) is 17.5. The molecule has 3 rings (SSSR count). The number of aryl methyl sites for hydroxylation is 1. The first kappa shape index (κ1) is 20.0. The third-order valence-corrected chi connectivity index (χ3v) is 5.46. The fraction of sp³-hybridized carbons (Fsp3) is 0.273. The summed E-state index contributed by atoms with van der Waals surface area (Å²) in [6, 6.07) is 13.9. The molecule has 0 saturated carbocycles. The summed E-state index contributed by atoms with van der Waals surface area (Å²) in [5.74, 6) is 0.597. The van der Waals surface area contributed by atoms with Crippen molar-refractivity contribution in [1.29, 1.82) is 0 Å². The van der Waals surface area contributed by atoms with Gasteiger partial charge in [-0.25, -0.2) is 4.99 Å². The van der Waals surface area contributed by atoms with Crippen LogP contribution in [-0.2, 0) is 4.79 Å². The summed E-state index contributed by atoms with van der Waals surface area (Å²) < 4.78 is 5.56. The molecule has 146 valence electrons. The SMILES string of the molecule is CCN(CC)c1ccc(C=C2SC(=Nc3ccc(C)cc3)NC2=O)c(OC)c1. The number of ether oxygens (including phenoxy) is 1. The maximum Gasteiger partial charge on any atom is 0.264 e. The van der Waals surface area contributed by atoms with Crippen molar-refractivity contribution in [2.24, 2.45) is 4.99 Å². The van der Waals surface area contributed by atoms with Crippen LogP contribution in [-0.4, -0.2) is 31.3 Å². The molecule has 2 aromatic rings. The van der Waals surface area contributed by atoms with Crippen LogP contribution in [0, 0.1) is 6.92 Å². The Hall–Kier alpha value is -2.73. The van der Waals surface area contributed by atoms with E-state index < -0.39 is 0 Å². The summed E-state index contributed by atoms with van der Waals surface area (Å²) in [7, 11) is 1.65. The molecule has 0 unspecified atom stereocenters. The van der Waals surface area contributed by atoms with Crippen molar-refractivity contribution in [3.05, 3.63) is 58.5 Å². The van der Waals surface area contributed by atoms with E-state index in [1.807, 2.05) is 49.4 Å². The molecule has 0 spiro atoms. The lowest BCUT2D eigenvalue weighted by atomic mass is 10.1. The molecular formula is C22H25N3O2S. The highest BCUT2D eigenvalue weighted by molar-refractivity contribution is 8.18. The largest absolute Gasteiger partial charge is 0.496 e. The number of nitrogens with one attached hydrogen (secondary N) is 1. The number of amides is 1. The molecule has 1 aliphatic heterocycles. The Kier molecular flexibility index (Phi) is 6.41. The molecule has 6 heteroatoms. The fourth-order valence-corrected chi connectivity index (χ4v) is 3.80. The van der Waals surface area contributed by atoms with Crippen LogP contribution in [0.1, 0.15) is 25.0 Å². The molecule has 28 heavy (non-hydrogen) atoms. The van der Waals surface area contributed by atoms with E-state index in [1.54, 1.807) is 7.11 Å². The van der Waals surface area contributed by atoms with Crippen LogP contribution in [0.3, 0.4) is 0 Å². The average molecular weight is 396 g/mol. The van der Waals surface area contributed by atoms with Crippen molar-refractivity contribution in [1.82, 2.24) is 5.32 Å². The highest BCUT2D eigenvalue weighted by Crippen LogP contribution is 2.32. The standard InChI is InChI=1S/C22H25N3O2S/c1-5-25(6-2)18-12-9-16(19(14-18)27-4)13-20-21(26)24-22(28-20)23-17-10-7-15(3)8-11-17/h7-14H,5-6H2,1-4H3,(H,23,24,26). The number of rotatable bonds is 6. The molecule has 0 radical (unpaired) electrons. The molecule has 0 aliphatic carbocycles. The second kappa shape index (κ2) is 8.97. The van der Waals surface area contributed by atoms with E-state index in [2.05, 4.69) is 35.1 Å². The third kappa shape index (κ3) is 4.57. The van der Waals surface area contributed by atoms with Gasteiger partial charge < -0.3 is 15.0 Å². The molecule has 0 bridgehead atoms. The quantitative estimate of drug-likeness (QED) is 0.718. The zero-order chi connectivity index (χ0) is 20.1. The minimum Gasteiger partial charge on any atom is -0.496 e. The van der Waals surface area contributed by atoms with Crippen molar-refractivity contribution < 1.29 is 9.53 Å². The molecule has 1 amide bonds. The maximum atomic E-state index is 12.4. The van der Waals surface area contributed by atoms with Gasteiger partial charge in [0.25, 0.3) is 5.91 Å². The lowest BCUT2D eigenvalue weighted by Gasteiger charge is -2.22. The van der Waals surface area contributed by atoms with Gasteiger partial charge in [-0.3, -0.25) is 4.79 Å². The van der Waals surface area contributed by atoms with E-state index in [1.165, 1.54) is 17.3 Å². The van der Waals surface area contributed by atoms with Gasteiger partial charge in [-0.2, -0.15) is 0 Å². The van der Waals surface area contributed by atoms with Crippen molar-refractivity contribution >= 4 is 40.3 Å².